The lowest BCUT2D eigenvalue weighted by Crippen LogP contribution is -2.10. The third kappa shape index (κ3) is 3.15. The van der Waals surface area contributed by atoms with E-state index in [-0.39, 0.29) is 0 Å². The Kier molecular flexibility index (Phi) is 3.31. The molecule has 1 aromatic carbocycles. The number of hydrogen-bond acceptors (Lipinski definition) is 3. The lowest BCUT2D eigenvalue weighted by molar-refractivity contribution is 0.318. The number of oxime groups is 1. The summed E-state index contributed by atoms with van der Waals surface area (Å²) in [7, 11) is 0. The van der Waals surface area contributed by atoms with Gasteiger partial charge < -0.3 is 10.5 Å². The maximum Gasteiger partial charge on any atom is 0.0730 e. The minimum Gasteiger partial charge on any atom is -0.411 e. The highest BCUT2D eigenvalue weighted by Gasteiger charge is 1.92. The number of benzene rings is 1. The van der Waals surface area contributed by atoms with Crippen LogP contribution in [-0.2, 0) is 0 Å². The monoisotopic (exact) mass is 178 g/mol. The van der Waals surface area contributed by atoms with E-state index >= 15 is 0 Å². The molecule has 13 heavy (non-hydrogen) atoms. The van der Waals surface area contributed by atoms with Gasteiger partial charge in [-0.2, -0.15) is 0 Å². The SMILES string of the molecule is C/C(CNc1ccc(C)cc1)=N\O. The molecule has 0 aliphatic heterocycles. The quantitative estimate of drug-likeness (QED) is 0.423. The van der Waals surface area contributed by atoms with Crippen molar-refractivity contribution in [1.82, 2.24) is 0 Å². The van der Waals surface area contributed by atoms with Gasteiger partial charge in [-0.15, -0.1) is 0 Å². The van der Waals surface area contributed by atoms with E-state index in [4.69, 9.17) is 5.21 Å². The maximum atomic E-state index is 8.40. The minimum absolute atomic E-state index is 0.569. The second-order valence-electron chi connectivity index (χ2n) is 3.05. The number of aryl methyl sites for hydroxylation is 1. The molecule has 0 saturated heterocycles. The first-order valence-electron chi connectivity index (χ1n) is 4.20. The molecule has 3 nitrogen and oxygen atoms in total. The molecule has 0 spiro atoms. The summed E-state index contributed by atoms with van der Waals surface area (Å²) in [4.78, 5) is 0. The summed E-state index contributed by atoms with van der Waals surface area (Å²) in [5, 5.41) is 14.6. The van der Waals surface area contributed by atoms with Crippen molar-refractivity contribution in [2.24, 2.45) is 5.16 Å². The summed E-state index contributed by atoms with van der Waals surface area (Å²) < 4.78 is 0. The van der Waals surface area contributed by atoms with E-state index in [1.807, 2.05) is 31.2 Å². The summed E-state index contributed by atoms with van der Waals surface area (Å²) in [6.45, 7) is 4.38. The Morgan fingerprint density at radius 1 is 1.38 bits per heavy atom. The molecule has 0 unspecified atom stereocenters. The van der Waals surface area contributed by atoms with Crippen LogP contribution in [0.1, 0.15) is 12.5 Å². The van der Waals surface area contributed by atoms with Gasteiger partial charge in [-0.3, -0.25) is 0 Å². The molecule has 0 aliphatic rings. The van der Waals surface area contributed by atoms with Gasteiger partial charge in [0.15, 0.2) is 0 Å². The van der Waals surface area contributed by atoms with Crippen molar-refractivity contribution in [1.29, 1.82) is 0 Å². The molecule has 2 N–H and O–H groups in total. The fourth-order valence-electron chi connectivity index (χ4n) is 0.937. The average Bonchev–Trinajstić information content (AvgIpc) is 2.16. The van der Waals surface area contributed by atoms with Crippen LogP contribution in [0.15, 0.2) is 29.4 Å². The van der Waals surface area contributed by atoms with Crippen LogP contribution < -0.4 is 5.32 Å². The Bertz CT molecular complexity index is 290. The number of nitrogens with zero attached hydrogens (tertiary/aromatic N) is 1. The molecular formula is C10H14N2O. The smallest absolute Gasteiger partial charge is 0.0730 e. The van der Waals surface area contributed by atoms with E-state index in [1.54, 1.807) is 6.92 Å². The molecule has 0 heterocycles. The fourth-order valence-corrected chi connectivity index (χ4v) is 0.937. The number of hydrogen-bond donors (Lipinski definition) is 2. The van der Waals surface area contributed by atoms with E-state index in [0.29, 0.717) is 12.3 Å². The summed E-state index contributed by atoms with van der Waals surface area (Å²) in [6.07, 6.45) is 0. The molecule has 3 heteroatoms. The zero-order valence-electron chi connectivity index (χ0n) is 7.91. The summed E-state index contributed by atoms with van der Waals surface area (Å²) in [5.74, 6) is 0. The van der Waals surface area contributed by atoms with E-state index in [1.165, 1.54) is 5.56 Å². The molecule has 0 fully saturated rings. The first-order valence-corrected chi connectivity index (χ1v) is 4.20. The molecule has 70 valence electrons. The standard InChI is InChI=1S/C10H14N2O/c1-8-3-5-10(6-4-8)11-7-9(2)12-13/h3-6,11,13H,7H2,1-2H3/b12-9+. The lowest BCUT2D eigenvalue weighted by Gasteiger charge is -2.04. The van der Waals surface area contributed by atoms with Gasteiger partial charge in [0, 0.05) is 5.69 Å². The summed E-state index contributed by atoms with van der Waals surface area (Å²) in [6, 6.07) is 8.07. The zero-order chi connectivity index (χ0) is 9.68. The Balaban J connectivity index is 2.51. The van der Waals surface area contributed by atoms with E-state index in [9.17, 15) is 0 Å². The predicted octanol–water partition coefficient (Wildman–Crippen LogP) is 2.26. The summed E-state index contributed by atoms with van der Waals surface area (Å²) in [5.41, 5.74) is 2.94. The van der Waals surface area contributed by atoms with Gasteiger partial charge in [0.1, 0.15) is 0 Å². The molecular weight excluding hydrogens is 164 g/mol. The molecule has 0 amide bonds. The second kappa shape index (κ2) is 4.50. The number of rotatable bonds is 3. The fraction of sp³-hybridized carbons (Fsp3) is 0.300. The van der Waals surface area contributed by atoms with Crippen LogP contribution in [0, 0.1) is 6.92 Å². The normalized spacial score (nSPS) is 11.4. The highest BCUT2D eigenvalue weighted by Crippen LogP contribution is 2.07. The first kappa shape index (κ1) is 9.58. The van der Waals surface area contributed by atoms with Gasteiger partial charge in [-0.1, -0.05) is 22.9 Å². The second-order valence-corrected chi connectivity index (χ2v) is 3.05. The van der Waals surface area contributed by atoms with Crippen molar-refractivity contribution in [3.63, 3.8) is 0 Å². The van der Waals surface area contributed by atoms with Crippen molar-refractivity contribution in [3.8, 4) is 0 Å². The zero-order valence-corrected chi connectivity index (χ0v) is 7.91. The van der Waals surface area contributed by atoms with Crippen molar-refractivity contribution < 1.29 is 5.21 Å². The highest BCUT2D eigenvalue weighted by atomic mass is 16.4. The van der Waals surface area contributed by atoms with Gasteiger partial charge in [0.2, 0.25) is 0 Å². The third-order valence-corrected chi connectivity index (χ3v) is 1.77. The lowest BCUT2D eigenvalue weighted by atomic mass is 10.2. The van der Waals surface area contributed by atoms with Crippen LogP contribution in [0.3, 0.4) is 0 Å². The average molecular weight is 178 g/mol. The molecule has 1 aromatic rings. The van der Waals surface area contributed by atoms with Gasteiger partial charge >= 0.3 is 0 Å². The molecule has 0 radical (unpaired) electrons. The largest absolute Gasteiger partial charge is 0.411 e. The van der Waals surface area contributed by atoms with Gasteiger partial charge in [0.25, 0.3) is 0 Å². The van der Waals surface area contributed by atoms with Crippen LogP contribution in [0.4, 0.5) is 5.69 Å². The molecule has 0 aromatic heterocycles. The first-order chi connectivity index (χ1) is 6.22. The van der Waals surface area contributed by atoms with Crippen LogP contribution >= 0.6 is 0 Å². The Labute approximate surface area is 78.1 Å². The molecule has 1 rings (SSSR count). The Morgan fingerprint density at radius 2 is 2.00 bits per heavy atom. The van der Waals surface area contributed by atoms with E-state index < -0.39 is 0 Å². The van der Waals surface area contributed by atoms with Crippen LogP contribution in [0.5, 0.6) is 0 Å². The van der Waals surface area contributed by atoms with Crippen LogP contribution in [-0.4, -0.2) is 17.5 Å². The highest BCUT2D eigenvalue weighted by molar-refractivity contribution is 5.85. The topological polar surface area (TPSA) is 44.6 Å². The van der Waals surface area contributed by atoms with Crippen molar-refractivity contribution >= 4 is 11.4 Å². The minimum atomic E-state index is 0.569. The van der Waals surface area contributed by atoms with Gasteiger partial charge in [-0.25, -0.2) is 0 Å². The molecule has 0 atom stereocenters. The molecule has 0 saturated carbocycles. The summed E-state index contributed by atoms with van der Waals surface area (Å²) >= 11 is 0. The Hall–Kier alpha value is -1.51. The number of nitrogens with one attached hydrogen (secondary N) is 1. The third-order valence-electron chi connectivity index (χ3n) is 1.77. The molecule has 0 bridgehead atoms. The van der Waals surface area contributed by atoms with Crippen LogP contribution in [0.2, 0.25) is 0 Å². The van der Waals surface area contributed by atoms with Gasteiger partial charge in [-0.05, 0) is 26.0 Å². The van der Waals surface area contributed by atoms with E-state index in [0.717, 1.165) is 5.69 Å². The predicted molar refractivity (Wildman–Crippen MR) is 54.6 cm³/mol. The maximum absolute atomic E-state index is 8.40. The van der Waals surface area contributed by atoms with Crippen molar-refractivity contribution in [2.45, 2.75) is 13.8 Å². The number of anilines is 1. The van der Waals surface area contributed by atoms with Gasteiger partial charge in [0.05, 0.1) is 12.3 Å². The van der Waals surface area contributed by atoms with Crippen LogP contribution in [0.25, 0.3) is 0 Å². The van der Waals surface area contributed by atoms with Crippen molar-refractivity contribution in [2.75, 3.05) is 11.9 Å². The van der Waals surface area contributed by atoms with E-state index in [2.05, 4.69) is 10.5 Å². The van der Waals surface area contributed by atoms with Crippen molar-refractivity contribution in [3.05, 3.63) is 29.8 Å². The molecule has 0 aliphatic carbocycles. The Morgan fingerprint density at radius 3 is 2.54 bits per heavy atom.